The number of benzene rings is 1. The molecule has 3 aliphatic rings. The fourth-order valence-corrected chi connectivity index (χ4v) is 5.01. The van der Waals surface area contributed by atoms with Gasteiger partial charge >= 0.3 is 0 Å². The number of piperidine rings is 1. The van der Waals surface area contributed by atoms with Crippen molar-refractivity contribution in [1.29, 1.82) is 0 Å². The minimum Gasteiger partial charge on any atom is -0.369 e. The molecular formula is C21H28ClN3O2. The second kappa shape index (κ2) is 7.80. The highest BCUT2D eigenvalue weighted by Crippen LogP contribution is 2.46. The molecule has 27 heavy (non-hydrogen) atoms. The van der Waals surface area contributed by atoms with Crippen LogP contribution in [-0.2, 0) is 9.59 Å². The van der Waals surface area contributed by atoms with E-state index in [4.69, 9.17) is 11.6 Å². The Hall–Kier alpha value is -1.59. The molecule has 1 aromatic carbocycles. The number of rotatable bonds is 4. The first-order valence-corrected chi connectivity index (χ1v) is 10.5. The summed E-state index contributed by atoms with van der Waals surface area (Å²) in [6, 6.07) is 7.96. The largest absolute Gasteiger partial charge is 0.369 e. The fourth-order valence-electron chi connectivity index (χ4n) is 4.89. The minimum atomic E-state index is -0.00509. The van der Waals surface area contributed by atoms with Crippen molar-refractivity contribution < 1.29 is 9.59 Å². The van der Waals surface area contributed by atoms with Gasteiger partial charge in [-0.05, 0) is 42.5 Å². The van der Waals surface area contributed by atoms with Gasteiger partial charge in [-0.25, -0.2) is 0 Å². The molecule has 3 fully saturated rings. The molecule has 5 nitrogen and oxygen atoms in total. The Bertz CT molecular complexity index is 672. The molecule has 1 aromatic rings. The lowest BCUT2D eigenvalue weighted by Crippen LogP contribution is -2.52. The average molecular weight is 390 g/mol. The minimum absolute atomic E-state index is 0.00509. The summed E-state index contributed by atoms with van der Waals surface area (Å²) in [7, 11) is 0. The molecule has 2 aliphatic heterocycles. The quantitative estimate of drug-likeness (QED) is 0.742. The van der Waals surface area contributed by atoms with E-state index in [1.807, 2.05) is 12.1 Å². The van der Waals surface area contributed by atoms with E-state index >= 15 is 0 Å². The van der Waals surface area contributed by atoms with Crippen LogP contribution in [0.4, 0.5) is 5.69 Å². The monoisotopic (exact) mass is 389 g/mol. The zero-order chi connectivity index (χ0) is 18.9. The highest BCUT2D eigenvalue weighted by molar-refractivity contribution is 6.30. The van der Waals surface area contributed by atoms with Gasteiger partial charge in [0, 0.05) is 62.8 Å². The lowest BCUT2D eigenvalue weighted by molar-refractivity contribution is -0.153. The maximum Gasteiger partial charge on any atom is 0.229 e. The van der Waals surface area contributed by atoms with Gasteiger partial charge in [0.25, 0.3) is 0 Å². The Morgan fingerprint density at radius 1 is 0.852 bits per heavy atom. The van der Waals surface area contributed by atoms with Crippen molar-refractivity contribution in [2.24, 2.45) is 5.41 Å². The number of hydrogen-bond acceptors (Lipinski definition) is 4. The second-order valence-corrected chi connectivity index (χ2v) is 8.74. The Labute approximate surface area is 166 Å². The number of carbonyl (C=O) groups is 2. The molecule has 0 aromatic heterocycles. The Kier molecular flexibility index (Phi) is 5.42. The second-order valence-electron chi connectivity index (χ2n) is 8.30. The fraction of sp³-hybridized carbons (Fsp3) is 0.619. The van der Waals surface area contributed by atoms with E-state index in [1.165, 1.54) is 23.4 Å². The normalized spacial score (nSPS) is 23.4. The molecule has 1 spiro atoms. The molecule has 2 amide bonds. The summed E-state index contributed by atoms with van der Waals surface area (Å²) in [5, 5.41) is 0.757. The Balaban J connectivity index is 1.26. The first kappa shape index (κ1) is 18.8. The number of amides is 2. The maximum absolute atomic E-state index is 12.6. The van der Waals surface area contributed by atoms with Crippen molar-refractivity contribution in [2.45, 2.75) is 38.5 Å². The number of anilines is 1. The topological polar surface area (TPSA) is 43.9 Å². The van der Waals surface area contributed by atoms with E-state index < -0.39 is 0 Å². The van der Waals surface area contributed by atoms with Crippen LogP contribution in [0.3, 0.4) is 0 Å². The van der Waals surface area contributed by atoms with Gasteiger partial charge in [-0.15, -0.1) is 0 Å². The highest BCUT2D eigenvalue weighted by Gasteiger charge is 2.44. The molecule has 0 bridgehead atoms. The van der Waals surface area contributed by atoms with Gasteiger partial charge in [0.05, 0.1) is 0 Å². The van der Waals surface area contributed by atoms with E-state index in [-0.39, 0.29) is 17.2 Å². The van der Waals surface area contributed by atoms with Crippen molar-refractivity contribution in [3.8, 4) is 0 Å². The van der Waals surface area contributed by atoms with Crippen molar-refractivity contribution in [2.75, 3.05) is 44.2 Å². The van der Waals surface area contributed by atoms with Gasteiger partial charge < -0.3 is 4.90 Å². The van der Waals surface area contributed by atoms with Gasteiger partial charge in [0.1, 0.15) is 0 Å². The molecule has 0 unspecified atom stereocenters. The summed E-state index contributed by atoms with van der Waals surface area (Å²) in [6.45, 7) is 5.11. The summed E-state index contributed by atoms with van der Waals surface area (Å²) >= 11 is 5.97. The smallest absolute Gasteiger partial charge is 0.229 e. The number of carbonyl (C=O) groups excluding carboxylic acids is 2. The zero-order valence-corrected chi connectivity index (χ0v) is 16.6. The predicted molar refractivity (Wildman–Crippen MR) is 107 cm³/mol. The van der Waals surface area contributed by atoms with Crippen LogP contribution in [0.2, 0.25) is 5.02 Å². The molecule has 2 saturated heterocycles. The van der Waals surface area contributed by atoms with Crippen molar-refractivity contribution in [3.63, 3.8) is 0 Å². The lowest BCUT2D eigenvalue weighted by atomic mass is 9.76. The number of likely N-dealkylation sites (tertiary alicyclic amines) is 1. The van der Waals surface area contributed by atoms with Crippen molar-refractivity contribution in [1.82, 2.24) is 9.80 Å². The van der Waals surface area contributed by atoms with Gasteiger partial charge in [-0.3, -0.25) is 19.4 Å². The number of piperazine rings is 1. The van der Waals surface area contributed by atoms with Crippen LogP contribution in [0.5, 0.6) is 0 Å². The molecule has 4 rings (SSSR count). The lowest BCUT2D eigenvalue weighted by Gasteiger charge is -2.39. The Morgan fingerprint density at radius 2 is 1.44 bits per heavy atom. The van der Waals surface area contributed by atoms with Gasteiger partial charge in [0.2, 0.25) is 11.8 Å². The SMILES string of the molecule is O=C1CC2(CCCC2)CC(=O)N1CCN1CCN(c2ccc(Cl)cc2)CC1. The van der Waals surface area contributed by atoms with Gasteiger partial charge in [-0.1, -0.05) is 24.4 Å². The summed E-state index contributed by atoms with van der Waals surface area (Å²) in [4.78, 5) is 31.4. The number of hydrogen-bond donors (Lipinski definition) is 0. The molecule has 146 valence electrons. The highest BCUT2D eigenvalue weighted by atomic mass is 35.5. The first-order valence-electron chi connectivity index (χ1n) is 10.1. The van der Waals surface area contributed by atoms with E-state index in [0.29, 0.717) is 19.4 Å². The van der Waals surface area contributed by atoms with Crippen LogP contribution >= 0.6 is 11.6 Å². The molecule has 2 heterocycles. The van der Waals surface area contributed by atoms with Crippen LogP contribution in [0.15, 0.2) is 24.3 Å². The van der Waals surface area contributed by atoms with Gasteiger partial charge in [0.15, 0.2) is 0 Å². The van der Waals surface area contributed by atoms with E-state index in [1.54, 1.807) is 0 Å². The predicted octanol–water partition coefficient (Wildman–Crippen LogP) is 3.17. The average Bonchev–Trinajstić information content (AvgIpc) is 3.09. The zero-order valence-electron chi connectivity index (χ0n) is 15.8. The van der Waals surface area contributed by atoms with E-state index in [9.17, 15) is 9.59 Å². The van der Waals surface area contributed by atoms with Crippen LogP contribution < -0.4 is 4.90 Å². The molecule has 0 atom stereocenters. The van der Waals surface area contributed by atoms with Crippen LogP contribution in [0.25, 0.3) is 0 Å². The molecule has 0 radical (unpaired) electrons. The molecule has 1 aliphatic carbocycles. The first-order chi connectivity index (χ1) is 13.0. The number of imide groups is 1. The summed E-state index contributed by atoms with van der Waals surface area (Å²) in [6.07, 6.45) is 5.57. The van der Waals surface area contributed by atoms with E-state index in [0.717, 1.165) is 50.6 Å². The van der Waals surface area contributed by atoms with Crippen LogP contribution in [0, 0.1) is 5.41 Å². The summed E-state index contributed by atoms with van der Waals surface area (Å²) in [5.41, 5.74) is 1.19. The maximum atomic E-state index is 12.6. The van der Waals surface area contributed by atoms with Crippen molar-refractivity contribution in [3.05, 3.63) is 29.3 Å². The summed E-state index contributed by atoms with van der Waals surface area (Å²) in [5.74, 6) is 0.0981. The Morgan fingerprint density at radius 3 is 2.04 bits per heavy atom. The van der Waals surface area contributed by atoms with Crippen LogP contribution in [0.1, 0.15) is 38.5 Å². The third kappa shape index (κ3) is 4.14. The number of nitrogens with zero attached hydrogens (tertiary/aromatic N) is 3. The van der Waals surface area contributed by atoms with Crippen LogP contribution in [-0.4, -0.2) is 60.9 Å². The molecule has 1 saturated carbocycles. The summed E-state index contributed by atoms with van der Waals surface area (Å²) < 4.78 is 0. The molecule has 0 N–H and O–H groups in total. The van der Waals surface area contributed by atoms with Gasteiger partial charge in [-0.2, -0.15) is 0 Å². The number of halogens is 1. The molecule has 6 heteroatoms. The third-order valence-electron chi connectivity index (χ3n) is 6.52. The third-order valence-corrected chi connectivity index (χ3v) is 6.77. The van der Waals surface area contributed by atoms with E-state index in [2.05, 4.69) is 21.9 Å². The van der Waals surface area contributed by atoms with Crippen molar-refractivity contribution >= 4 is 29.1 Å². The molecular weight excluding hydrogens is 362 g/mol. The standard InChI is InChI=1S/C21H28ClN3O2/c22-17-3-5-18(6-4-17)24-12-9-23(10-13-24)11-14-25-19(26)15-21(16-20(25)27)7-1-2-8-21/h3-6H,1-2,7-16H2.